The van der Waals surface area contributed by atoms with Crippen LogP contribution in [0.4, 0.5) is 0 Å². The first-order chi connectivity index (χ1) is 7.79. The van der Waals surface area contributed by atoms with Gasteiger partial charge >= 0.3 is 5.63 Å². The minimum absolute atomic E-state index is 0.246. The van der Waals surface area contributed by atoms with Crippen LogP contribution in [-0.4, -0.2) is 18.1 Å². The van der Waals surface area contributed by atoms with Crippen molar-refractivity contribution in [2.75, 3.05) is 0 Å². The summed E-state index contributed by atoms with van der Waals surface area (Å²) in [6.07, 6.45) is 0. The predicted octanol–water partition coefficient (Wildman–Crippen LogP) is -0.181. The molecule has 8 heteroatoms. The topological polar surface area (TPSA) is 128 Å². The predicted molar refractivity (Wildman–Crippen MR) is 53.4 cm³/mol. The first kappa shape index (κ1) is 11.4. The van der Waals surface area contributed by atoms with Gasteiger partial charge in [0.05, 0.1) is 0 Å². The molecule has 0 saturated heterocycles. The van der Waals surface area contributed by atoms with Crippen LogP contribution in [0.5, 0.6) is 11.5 Å². The summed E-state index contributed by atoms with van der Waals surface area (Å²) in [6, 6.07) is 2.13. The van der Waals surface area contributed by atoms with Crippen molar-refractivity contribution in [2.45, 2.75) is 4.90 Å². The van der Waals surface area contributed by atoms with Crippen LogP contribution < -0.4 is 10.7 Å². The molecular formula is C9H5O7S-. The van der Waals surface area contributed by atoms with Crippen LogP contribution in [0.2, 0.25) is 0 Å². The lowest BCUT2D eigenvalue weighted by Gasteiger charge is -2.10. The second-order valence-corrected chi connectivity index (χ2v) is 4.61. The molecule has 0 atom stereocenters. The Hall–Kier alpha value is -2.06. The van der Waals surface area contributed by atoms with Crippen LogP contribution in [0, 0.1) is 0 Å². The van der Waals surface area contributed by atoms with Crippen molar-refractivity contribution < 1.29 is 27.6 Å². The third-order valence-electron chi connectivity index (χ3n) is 2.06. The van der Waals surface area contributed by atoms with E-state index < -0.39 is 32.1 Å². The number of fused-ring (bicyclic) bond motifs is 1. The van der Waals surface area contributed by atoms with E-state index in [1.165, 1.54) is 0 Å². The van der Waals surface area contributed by atoms with Crippen molar-refractivity contribution in [2.24, 2.45) is 0 Å². The summed E-state index contributed by atoms with van der Waals surface area (Å²) in [5.74, 6) is -1.54. The molecule has 1 aromatic heterocycles. The zero-order valence-corrected chi connectivity index (χ0v) is 8.89. The minimum Gasteiger partial charge on any atom is -0.870 e. The van der Waals surface area contributed by atoms with E-state index in [1.54, 1.807) is 0 Å². The Morgan fingerprint density at radius 2 is 1.88 bits per heavy atom. The maximum atomic E-state index is 11.1. The summed E-state index contributed by atoms with van der Waals surface area (Å²) in [5.41, 5.74) is -1.36. The van der Waals surface area contributed by atoms with Crippen LogP contribution in [-0.2, 0) is 10.1 Å². The van der Waals surface area contributed by atoms with Gasteiger partial charge in [0.25, 0.3) is 10.1 Å². The van der Waals surface area contributed by atoms with Gasteiger partial charge in [-0.2, -0.15) is 8.42 Å². The van der Waals surface area contributed by atoms with Crippen LogP contribution in [0.25, 0.3) is 11.0 Å². The summed E-state index contributed by atoms with van der Waals surface area (Å²) in [5, 5.41) is 20.0. The summed E-state index contributed by atoms with van der Waals surface area (Å²) >= 11 is 0. The molecule has 90 valence electrons. The highest BCUT2D eigenvalue weighted by atomic mass is 32.2. The normalized spacial score (nSPS) is 11.8. The smallest absolute Gasteiger partial charge is 0.337 e. The number of aromatic hydroxyl groups is 1. The Morgan fingerprint density at radius 1 is 1.24 bits per heavy atom. The summed E-state index contributed by atoms with van der Waals surface area (Å²) < 4.78 is 35.5. The van der Waals surface area contributed by atoms with E-state index in [4.69, 9.17) is 9.66 Å². The Bertz CT molecular complexity index is 757. The Balaban J connectivity index is 3.04. The SMILES string of the molecule is O=c1cc(S(=O)(=O)O)c2cc(O)c([O-])cc2o1. The molecule has 0 bridgehead atoms. The number of benzene rings is 1. The van der Waals surface area contributed by atoms with Gasteiger partial charge in [0.2, 0.25) is 0 Å². The molecule has 2 rings (SSSR count). The molecule has 0 spiro atoms. The largest absolute Gasteiger partial charge is 0.870 e. The van der Waals surface area contributed by atoms with Gasteiger partial charge in [-0.05, 0) is 12.1 Å². The van der Waals surface area contributed by atoms with E-state index in [-0.39, 0.29) is 11.0 Å². The fraction of sp³-hybridized carbons (Fsp3) is 0. The Labute approximate surface area is 94.3 Å². The van der Waals surface area contributed by atoms with Crippen LogP contribution >= 0.6 is 0 Å². The highest BCUT2D eigenvalue weighted by molar-refractivity contribution is 7.86. The fourth-order valence-electron chi connectivity index (χ4n) is 1.36. The van der Waals surface area contributed by atoms with E-state index in [0.717, 1.165) is 12.1 Å². The zero-order valence-electron chi connectivity index (χ0n) is 8.08. The van der Waals surface area contributed by atoms with E-state index in [1.807, 2.05) is 0 Å². The van der Waals surface area contributed by atoms with Crippen molar-refractivity contribution in [3.63, 3.8) is 0 Å². The maximum absolute atomic E-state index is 11.1. The van der Waals surface area contributed by atoms with Gasteiger partial charge in [0, 0.05) is 11.5 Å². The molecule has 17 heavy (non-hydrogen) atoms. The molecule has 0 unspecified atom stereocenters. The number of hydrogen-bond acceptors (Lipinski definition) is 6. The van der Waals surface area contributed by atoms with Gasteiger partial charge in [-0.15, -0.1) is 0 Å². The van der Waals surface area contributed by atoms with Gasteiger partial charge < -0.3 is 14.6 Å². The van der Waals surface area contributed by atoms with Crippen LogP contribution in [0.1, 0.15) is 0 Å². The molecule has 0 amide bonds. The third kappa shape index (κ3) is 1.95. The maximum Gasteiger partial charge on any atom is 0.337 e. The molecule has 2 aromatic rings. The van der Waals surface area contributed by atoms with Crippen LogP contribution in [0.3, 0.4) is 0 Å². The molecule has 0 aliphatic carbocycles. The van der Waals surface area contributed by atoms with Gasteiger partial charge in [0.15, 0.2) is 0 Å². The average molecular weight is 257 g/mol. The second kappa shape index (κ2) is 3.47. The van der Waals surface area contributed by atoms with Gasteiger partial charge in [-0.1, -0.05) is 5.75 Å². The summed E-state index contributed by atoms with van der Waals surface area (Å²) in [4.78, 5) is 10.3. The monoisotopic (exact) mass is 257 g/mol. The number of rotatable bonds is 1. The molecule has 1 heterocycles. The Kier molecular flexibility index (Phi) is 2.33. The van der Waals surface area contributed by atoms with Crippen molar-refractivity contribution in [1.82, 2.24) is 0 Å². The highest BCUT2D eigenvalue weighted by Gasteiger charge is 2.17. The van der Waals surface area contributed by atoms with Crippen LogP contribution in [0.15, 0.2) is 32.3 Å². The third-order valence-corrected chi connectivity index (χ3v) is 2.96. The van der Waals surface area contributed by atoms with E-state index in [0.29, 0.717) is 6.07 Å². The van der Waals surface area contributed by atoms with Crippen molar-refractivity contribution >= 4 is 21.1 Å². The molecule has 0 aliphatic heterocycles. The quantitative estimate of drug-likeness (QED) is 0.535. The summed E-state index contributed by atoms with van der Waals surface area (Å²) in [6.45, 7) is 0. The van der Waals surface area contributed by atoms with Crippen molar-refractivity contribution in [1.29, 1.82) is 0 Å². The van der Waals surface area contributed by atoms with E-state index in [9.17, 15) is 18.3 Å². The molecule has 2 N–H and O–H groups in total. The zero-order chi connectivity index (χ0) is 12.8. The van der Waals surface area contributed by atoms with E-state index >= 15 is 0 Å². The van der Waals surface area contributed by atoms with Crippen molar-refractivity contribution in [3.05, 3.63) is 28.6 Å². The first-order valence-electron chi connectivity index (χ1n) is 4.24. The van der Waals surface area contributed by atoms with Gasteiger partial charge in [-0.25, -0.2) is 4.79 Å². The number of phenols is 1. The molecule has 1 aromatic carbocycles. The molecule has 0 fully saturated rings. The molecule has 0 aliphatic rings. The van der Waals surface area contributed by atoms with Crippen molar-refractivity contribution in [3.8, 4) is 11.5 Å². The Morgan fingerprint density at radius 3 is 2.47 bits per heavy atom. The highest BCUT2D eigenvalue weighted by Crippen LogP contribution is 2.30. The lowest BCUT2D eigenvalue weighted by atomic mass is 10.2. The van der Waals surface area contributed by atoms with E-state index in [2.05, 4.69) is 4.42 Å². The van der Waals surface area contributed by atoms with Gasteiger partial charge in [-0.3, -0.25) is 4.55 Å². The second-order valence-electron chi connectivity index (χ2n) is 3.22. The number of hydrogen-bond donors (Lipinski definition) is 2. The molecule has 7 nitrogen and oxygen atoms in total. The minimum atomic E-state index is -4.65. The lowest BCUT2D eigenvalue weighted by Crippen LogP contribution is -2.06. The van der Waals surface area contributed by atoms with Gasteiger partial charge in [0.1, 0.15) is 16.2 Å². The summed E-state index contributed by atoms with van der Waals surface area (Å²) in [7, 11) is -4.65. The molecule has 0 radical (unpaired) electrons. The average Bonchev–Trinajstić information content (AvgIpc) is 2.18. The standard InChI is InChI=1S/C9H6O7S/c10-5-1-4-7(2-6(5)11)16-9(12)3-8(4)17(13,14)15/h1-3,10-11H,(H,13,14,15)/p-1. The fourth-order valence-corrected chi connectivity index (χ4v) is 2.05. The first-order valence-corrected chi connectivity index (χ1v) is 5.68. The molecule has 0 saturated carbocycles. The molecular weight excluding hydrogens is 252 g/mol. The lowest BCUT2D eigenvalue weighted by molar-refractivity contribution is -0.270. The number of phenolic OH excluding ortho intramolecular Hbond substituents is 1.